The zero-order chi connectivity index (χ0) is 12.3. The van der Waals surface area contributed by atoms with Crippen molar-refractivity contribution in [2.45, 2.75) is 6.10 Å². The zero-order valence-corrected chi connectivity index (χ0v) is 11.6. The Morgan fingerprint density at radius 2 is 2.17 bits per heavy atom. The molecule has 1 atom stereocenters. The van der Waals surface area contributed by atoms with Crippen molar-refractivity contribution in [3.8, 4) is 11.5 Å². The molecule has 0 radical (unpaired) electrons. The van der Waals surface area contributed by atoms with Gasteiger partial charge in [-0.3, -0.25) is 0 Å². The number of hydrogen-bond acceptors (Lipinski definition) is 7. The van der Waals surface area contributed by atoms with Gasteiger partial charge in [0, 0.05) is 23.8 Å². The molecule has 0 saturated carbocycles. The van der Waals surface area contributed by atoms with E-state index in [9.17, 15) is 13.0 Å². The fraction of sp³-hybridized carbons (Fsp3) is 0.556. The van der Waals surface area contributed by atoms with Crippen LogP contribution in [0.1, 0.15) is 0 Å². The van der Waals surface area contributed by atoms with Crippen molar-refractivity contribution in [2.24, 2.45) is 0 Å². The van der Waals surface area contributed by atoms with E-state index in [0.717, 1.165) is 5.75 Å². The Morgan fingerprint density at radius 3 is 2.89 bits per heavy atom. The maximum atomic E-state index is 10.4. The Hall–Kier alpha value is -0.233. The molecule has 0 aromatic carbocycles. The summed E-state index contributed by atoms with van der Waals surface area (Å²) in [6.45, 7) is 0.994. The molecule has 1 aliphatic heterocycles. The average Bonchev–Trinajstić information content (AvgIpc) is 2.70. The van der Waals surface area contributed by atoms with Crippen molar-refractivity contribution in [3.63, 3.8) is 0 Å². The van der Waals surface area contributed by atoms with Gasteiger partial charge in [0.25, 0.3) is 0 Å². The predicted molar refractivity (Wildman–Crippen MR) is 61.7 cm³/mol. The number of hydrogen-bond donors (Lipinski definition) is 1. The molecular formula is C9H12LiNO5S2. The molecule has 0 bridgehead atoms. The summed E-state index contributed by atoms with van der Waals surface area (Å²) in [5.41, 5.74) is 0. The Morgan fingerprint density at radius 1 is 1.44 bits per heavy atom. The standard InChI is InChI=1S/C9H13NO5S2.Li/c11-17(12,13)2-1-10-3-7-4-14-8-5-16-6-9(8)15-7;/h5-7,10H,1-4H2,(H,11,12,13);/q;+1/p-1. The van der Waals surface area contributed by atoms with Crippen LogP contribution in [-0.2, 0) is 10.1 Å². The number of rotatable bonds is 5. The molecule has 2 heterocycles. The number of fused-ring (bicyclic) bond motifs is 1. The fourth-order valence-corrected chi connectivity index (χ4v) is 2.49. The second-order valence-corrected chi connectivity index (χ2v) is 5.88. The third-order valence-electron chi connectivity index (χ3n) is 2.21. The van der Waals surface area contributed by atoms with E-state index in [1.807, 2.05) is 10.8 Å². The maximum absolute atomic E-state index is 10.4. The molecule has 1 aliphatic rings. The second-order valence-electron chi connectivity index (χ2n) is 3.62. The first-order valence-electron chi connectivity index (χ1n) is 5.04. The first-order chi connectivity index (χ1) is 8.04. The van der Waals surface area contributed by atoms with Gasteiger partial charge in [-0.1, -0.05) is 0 Å². The fourth-order valence-electron chi connectivity index (χ4n) is 1.42. The van der Waals surface area contributed by atoms with Gasteiger partial charge in [0.05, 0.1) is 15.9 Å². The van der Waals surface area contributed by atoms with E-state index in [1.165, 1.54) is 11.3 Å². The summed E-state index contributed by atoms with van der Waals surface area (Å²) in [4.78, 5) is 0. The molecule has 96 valence electrons. The van der Waals surface area contributed by atoms with Gasteiger partial charge in [0.1, 0.15) is 12.7 Å². The third kappa shape index (κ3) is 4.80. The SMILES string of the molecule is O=S(=O)([O-])CCNCC1COc2cscc2O1.[Li+]. The Labute approximate surface area is 122 Å². The molecule has 2 rings (SSSR count). The molecule has 18 heavy (non-hydrogen) atoms. The topological polar surface area (TPSA) is 87.7 Å². The summed E-state index contributed by atoms with van der Waals surface area (Å²) < 4.78 is 42.1. The summed E-state index contributed by atoms with van der Waals surface area (Å²) in [7, 11) is -4.15. The molecule has 1 N–H and O–H groups in total. The summed E-state index contributed by atoms with van der Waals surface area (Å²) in [5.74, 6) is 1.04. The predicted octanol–water partition coefficient (Wildman–Crippen LogP) is -2.97. The van der Waals surface area contributed by atoms with Gasteiger partial charge in [-0.2, -0.15) is 0 Å². The largest absolute Gasteiger partial charge is 1.00 e. The van der Waals surface area contributed by atoms with E-state index in [0.29, 0.717) is 18.9 Å². The minimum absolute atomic E-state index is 0. The van der Waals surface area contributed by atoms with E-state index >= 15 is 0 Å². The molecule has 0 spiro atoms. The van der Waals surface area contributed by atoms with Crippen LogP contribution in [0.25, 0.3) is 0 Å². The van der Waals surface area contributed by atoms with Crippen LogP contribution in [0, 0.1) is 0 Å². The number of nitrogens with one attached hydrogen (secondary N) is 1. The maximum Gasteiger partial charge on any atom is 1.00 e. The van der Waals surface area contributed by atoms with Crippen molar-refractivity contribution in [3.05, 3.63) is 10.8 Å². The van der Waals surface area contributed by atoms with Gasteiger partial charge in [0.15, 0.2) is 11.5 Å². The van der Waals surface area contributed by atoms with Crippen LogP contribution in [0.3, 0.4) is 0 Å². The monoisotopic (exact) mass is 285 g/mol. The van der Waals surface area contributed by atoms with E-state index in [2.05, 4.69) is 5.32 Å². The summed E-state index contributed by atoms with van der Waals surface area (Å²) >= 11 is 1.50. The van der Waals surface area contributed by atoms with Gasteiger partial charge in [-0.05, 0) is 0 Å². The van der Waals surface area contributed by atoms with E-state index in [-0.39, 0.29) is 31.5 Å². The van der Waals surface area contributed by atoms with Gasteiger partial charge in [0.2, 0.25) is 0 Å². The van der Waals surface area contributed by atoms with Crippen molar-refractivity contribution in [2.75, 3.05) is 25.4 Å². The molecule has 6 nitrogen and oxygen atoms in total. The Bertz CT molecular complexity index is 475. The first kappa shape index (κ1) is 15.8. The van der Waals surface area contributed by atoms with Crippen LogP contribution in [-0.4, -0.2) is 44.5 Å². The average molecular weight is 285 g/mol. The van der Waals surface area contributed by atoms with Crippen LogP contribution in [0.4, 0.5) is 0 Å². The van der Waals surface area contributed by atoms with Gasteiger partial charge in [-0.25, -0.2) is 8.42 Å². The Balaban J connectivity index is 0.00000162. The van der Waals surface area contributed by atoms with Crippen molar-refractivity contribution < 1.29 is 41.3 Å². The minimum atomic E-state index is -4.15. The van der Waals surface area contributed by atoms with Crippen LogP contribution in [0.2, 0.25) is 0 Å². The first-order valence-corrected chi connectivity index (χ1v) is 7.56. The summed E-state index contributed by atoms with van der Waals surface area (Å²) in [6.07, 6.45) is -0.161. The minimum Gasteiger partial charge on any atom is -0.748 e. The zero-order valence-electron chi connectivity index (χ0n) is 9.92. The van der Waals surface area contributed by atoms with Crippen LogP contribution in [0.15, 0.2) is 10.8 Å². The van der Waals surface area contributed by atoms with E-state index < -0.39 is 15.9 Å². The Kier molecular flexibility index (Phi) is 5.97. The van der Waals surface area contributed by atoms with Gasteiger partial charge in [-0.15, -0.1) is 11.3 Å². The van der Waals surface area contributed by atoms with E-state index in [4.69, 9.17) is 9.47 Å². The summed E-state index contributed by atoms with van der Waals surface area (Å²) in [6, 6.07) is 0. The molecule has 0 amide bonds. The molecule has 1 unspecified atom stereocenters. The quantitative estimate of drug-likeness (QED) is 0.353. The summed E-state index contributed by atoms with van der Waals surface area (Å²) in [5, 5.41) is 6.57. The smallest absolute Gasteiger partial charge is 0.748 e. The molecule has 1 aromatic heterocycles. The van der Waals surface area contributed by atoms with Crippen molar-refractivity contribution in [1.29, 1.82) is 0 Å². The van der Waals surface area contributed by atoms with Crippen molar-refractivity contribution in [1.82, 2.24) is 5.32 Å². The van der Waals surface area contributed by atoms with E-state index in [1.54, 1.807) is 0 Å². The molecule has 0 saturated heterocycles. The second kappa shape index (κ2) is 6.80. The van der Waals surface area contributed by atoms with Gasteiger partial charge < -0.3 is 19.3 Å². The van der Waals surface area contributed by atoms with Crippen LogP contribution < -0.4 is 33.7 Å². The number of ether oxygens (including phenoxy) is 2. The van der Waals surface area contributed by atoms with Gasteiger partial charge >= 0.3 is 18.9 Å². The van der Waals surface area contributed by atoms with Crippen LogP contribution >= 0.6 is 11.3 Å². The molecular weight excluding hydrogens is 273 g/mol. The number of thiophene rings is 1. The molecule has 9 heteroatoms. The van der Waals surface area contributed by atoms with Crippen LogP contribution in [0.5, 0.6) is 11.5 Å². The molecule has 0 aliphatic carbocycles. The third-order valence-corrected chi connectivity index (χ3v) is 3.62. The molecule has 0 fully saturated rings. The normalized spacial score (nSPS) is 18.2. The van der Waals surface area contributed by atoms with Crippen molar-refractivity contribution >= 4 is 21.5 Å². The molecule has 1 aromatic rings.